The first kappa shape index (κ1) is 11.9. The predicted molar refractivity (Wildman–Crippen MR) is 75.4 cm³/mol. The largest absolute Gasteiger partial charge is 0.310 e. The minimum atomic E-state index is 0.0649. The summed E-state index contributed by atoms with van der Waals surface area (Å²) in [5.41, 5.74) is 1.33. The van der Waals surface area contributed by atoms with Gasteiger partial charge in [0.15, 0.2) is 0 Å². The van der Waals surface area contributed by atoms with Crippen LogP contribution in [-0.4, -0.2) is 9.97 Å². The minimum Gasteiger partial charge on any atom is -0.310 e. The molecule has 0 bridgehead atoms. The Hall–Kier alpha value is -1.16. The van der Waals surface area contributed by atoms with Crippen molar-refractivity contribution >= 4 is 21.6 Å². The zero-order chi connectivity index (χ0) is 12.7. The number of fused-ring (bicyclic) bond motifs is 3. The molecule has 96 valence electrons. The van der Waals surface area contributed by atoms with Crippen LogP contribution in [0.3, 0.4) is 0 Å². The summed E-state index contributed by atoms with van der Waals surface area (Å²) in [6.07, 6.45) is 5.45. The fourth-order valence-electron chi connectivity index (χ4n) is 2.69. The molecular formula is C14H18N2OS. The number of nitrogens with one attached hydrogen (secondary N) is 1. The summed E-state index contributed by atoms with van der Waals surface area (Å²) in [6.45, 7) is 4.28. The van der Waals surface area contributed by atoms with E-state index in [1.807, 2.05) is 0 Å². The van der Waals surface area contributed by atoms with Gasteiger partial charge in [-0.05, 0) is 37.2 Å². The highest BCUT2D eigenvalue weighted by atomic mass is 32.1. The number of aromatic nitrogens is 2. The highest BCUT2D eigenvalue weighted by Crippen LogP contribution is 2.33. The van der Waals surface area contributed by atoms with E-state index in [1.54, 1.807) is 11.3 Å². The molecule has 0 radical (unpaired) electrons. The standard InChI is InChI=1S/C14H18N2OS/c1-8(2)7-11-15-13(17)12-9-5-3-4-6-10(9)18-14(12)16-11/h8H,3-7H2,1-2H3,(H,15,16,17). The molecule has 0 aliphatic heterocycles. The lowest BCUT2D eigenvalue weighted by atomic mass is 9.97. The molecule has 0 fully saturated rings. The maximum atomic E-state index is 12.2. The smallest absolute Gasteiger partial charge is 0.259 e. The summed E-state index contributed by atoms with van der Waals surface area (Å²) in [4.78, 5) is 22.2. The molecule has 0 saturated carbocycles. The molecular weight excluding hydrogens is 244 g/mol. The number of rotatable bonds is 2. The molecule has 3 nitrogen and oxygen atoms in total. The molecule has 0 atom stereocenters. The molecule has 2 heterocycles. The third-order valence-electron chi connectivity index (χ3n) is 3.48. The Kier molecular flexibility index (Phi) is 2.98. The van der Waals surface area contributed by atoms with Crippen LogP contribution in [0.15, 0.2) is 4.79 Å². The molecule has 0 spiro atoms. The third kappa shape index (κ3) is 1.99. The van der Waals surface area contributed by atoms with Crippen LogP contribution in [0.25, 0.3) is 10.2 Å². The Labute approximate surface area is 110 Å². The molecule has 0 aromatic carbocycles. The van der Waals surface area contributed by atoms with Crippen molar-refractivity contribution in [2.24, 2.45) is 5.92 Å². The summed E-state index contributed by atoms with van der Waals surface area (Å²) in [5.74, 6) is 1.35. The lowest BCUT2D eigenvalue weighted by Crippen LogP contribution is -2.14. The summed E-state index contributed by atoms with van der Waals surface area (Å²) < 4.78 is 0. The predicted octanol–water partition coefficient (Wildman–Crippen LogP) is 3.06. The van der Waals surface area contributed by atoms with Gasteiger partial charge in [-0.15, -0.1) is 11.3 Å². The van der Waals surface area contributed by atoms with E-state index >= 15 is 0 Å². The van der Waals surface area contributed by atoms with Gasteiger partial charge < -0.3 is 4.98 Å². The molecule has 1 aliphatic carbocycles. The van der Waals surface area contributed by atoms with Gasteiger partial charge in [-0.1, -0.05) is 13.8 Å². The Morgan fingerprint density at radius 1 is 1.33 bits per heavy atom. The Bertz CT molecular complexity index is 639. The van der Waals surface area contributed by atoms with E-state index in [9.17, 15) is 4.79 Å². The molecule has 0 unspecified atom stereocenters. The first-order chi connectivity index (χ1) is 8.65. The third-order valence-corrected chi connectivity index (χ3v) is 4.66. The van der Waals surface area contributed by atoms with Gasteiger partial charge in [0, 0.05) is 11.3 Å². The maximum Gasteiger partial charge on any atom is 0.259 e. The number of thiophene rings is 1. The second kappa shape index (κ2) is 4.50. The van der Waals surface area contributed by atoms with E-state index in [4.69, 9.17) is 0 Å². The SMILES string of the molecule is CC(C)Cc1nc2sc3c(c2c(=O)[nH]1)CCCC3. The lowest BCUT2D eigenvalue weighted by Gasteiger charge is -2.09. The number of aromatic amines is 1. The van der Waals surface area contributed by atoms with Crippen molar-refractivity contribution in [3.05, 3.63) is 26.6 Å². The summed E-state index contributed by atoms with van der Waals surface area (Å²) in [7, 11) is 0. The fraction of sp³-hybridized carbons (Fsp3) is 0.571. The fourth-order valence-corrected chi connectivity index (χ4v) is 3.97. The van der Waals surface area contributed by atoms with Gasteiger partial charge in [0.25, 0.3) is 5.56 Å². The normalized spacial score (nSPS) is 15.3. The average molecular weight is 262 g/mol. The van der Waals surface area contributed by atoms with E-state index in [-0.39, 0.29) is 5.56 Å². The van der Waals surface area contributed by atoms with Gasteiger partial charge in [-0.25, -0.2) is 4.98 Å². The number of H-pyrrole nitrogens is 1. The van der Waals surface area contributed by atoms with Crippen LogP contribution in [0.5, 0.6) is 0 Å². The second-order valence-corrected chi connectivity index (χ2v) is 6.59. The van der Waals surface area contributed by atoms with Crippen LogP contribution in [0.2, 0.25) is 0 Å². The first-order valence-corrected chi connectivity index (χ1v) is 7.50. The van der Waals surface area contributed by atoms with Gasteiger partial charge >= 0.3 is 0 Å². The van der Waals surface area contributed by atoms with Crippen LogP contribution in [0.1, 0.15) is 43.0 Å². The topological polar surface area (TPSA) is 45.8 Å². The zero-order valence-electron chi connectivity index (χ0n) is 10.9. The van der Waals surface area contributed by atoms with Gasteiger partial charge in [-0.2, -0.15) is 0 Å². The van der Waals surface area contributed by atoms with Crippen LogP contribution in [0, 0.1) is 5.92 Å². The molecule has 0 saturated heterocycles. The quantitative estimate of drug-likeness (QED) is 0.904. The second-order valence-electron chi connectivity index (χ2n) is 5.50. The lowest BCUT2D eigenvalue weighted by molar-refractivity contribution is 0.621. The average Bonchev–Trinajstić information content (AvgIpc) is 2.66. The number of nitrogens with zero attached hydrogens (tertiary/aromatic N) is 1. The molecule has 3 rings (SSSR count). The van der Waals surface area contributed by atoms with E-state index in [0.717, 1.165) is 35.3 Å². The molecule has 2 aromatic rings. The molecule has 1 aliphatic rings. The van der Waals surface area contributed by atoms with Gasteiger partial charge in [0.2, 0.25) is 0 Å². The Morgan fingerprint density at radius 3 is 2.89 bits per heavy atom. The van der Waals surface area contributed by atoms with Crippen molar-refractivity contribution in [1.82, 2.24) is 9.97 Å². The van der Waals surface area contributed by atoms with Crippen molar-refractivity contribution in [3.8, 4) is 0 Å². The highest BCUT2D eigenvalue weighted by Gasteiger charge is 2.19. The van der Waals surface area contributed by atoms with E-state index in [0.29, 0.717) is 5.92 Å². The van der Waals surface area contributed by atoms with E-state index in [2.05, 4.69) is 23.8 Å². The maximum absolute atomic E-state index is 12.2. The molecule has 4 heteroatoms. The van der Waals surface area contributed by atoms with Crippen LogP contribution in [0.4, 0.5) is 0 Å². The summed E-state index contributed by atoms with van der Waals surface area (Å²) in [6, 6.07) is 0. The van der Waals surface area contributed by atoms with Crippen molar-refractivity contribution in [1.29, 1.82) is 0 Å². The monoisotopic (exact) mass is 262 g/mol. The summed E-state index contributed by atoms with van der Waals surface area (Å²) >= 11 is 1.72. The van der Waals surface area contributed by atoms with Crippen LogP contribution >= 0.6 is 11.3 Å². The minimum absolute atomic E-state index is 0.0649. The summed E-state index contributed by atoms with van der Waals surface area (Å²) in [5, 5.41) is 0.863. The van der Waals surface area contributed by atoms with E-state index in [1.165, 1.54) is 23.3 Å². The molecule has 1 N–H and O–H groups in total. The molecule has 0 amide bonds. The Morgan fingerprint density at radius 2 is 2.11 bits per heavy atom. The van der Waals surface area contributed by atoms with Gasteiger partial charge in [-0.3, -0.25) is 4.79 Å². The van der Waals surface area contributed by atoms with Gasteiger partial charge in [0.1, 0.15) is 10.7 Å². The first-order valence-electron chi connectivity index (χ1n) is 6.68. The van der Waals surface area contributed by atoms with Crippen molar-refractivity contribution < 1.29 is 0 Å². The zero-order valence-corrected chi connectivity index (χ0v) is 11.7. The van der Waals surface area contributed by atoms with Crippen LogP contribution < -0.4 is 5.56 Å². The van der Waals surface area contributed by atoms with Gasteiger partial charge in [0.05, 0.1) is 5.39 Å². The number of aryl methyl sites for hydroxylation is 2. The van der Waals surface area contributed by atoms with Crippen LogP contribution in [-0.2, 0) is 19.3 Å². The highest BCUT2D eigenvalue weighted by molar-refractivity contribution is 7.18. The van der Waals surface area contributed by atoms with Crippen molar-refractivity contribution in [3.63, 3.8) is 0 Å². The molecule has 18 heavy (non-hydrogen) atoms. The molecule has 2 aromatic heterocycles. The number of hydrogen-bond donors (Lipinski definition) is 1. The van der Waals surface area contributed by atoms with Crippen molar-refractivity contribution in [2.75, 3.05) is 0 Å². The van der Waals surface area contributed by atoms with Crippen molar-refractivity contribution in [2.45, 2.75) is 46.0 Å². The van der Waals surface area contributed by atoms with E-state index < -0.39 is 0 Å². The number of hydrogen-bond acceptors (Lipinski definition) is 3. The Balaban J connectivity index is 2.17.